The number of hydrogen-bond acceptors (Lipinski definition) is 7. The minimum absolute atomic E-state index is 0.0781. The van der Waals surface area contributed by atoms with Gasteiger partial charge in [0.1, 0.15) is 0 Å². The van der Waals surface area contributed by atoms with Gasteiger partial charge in [-0.1, -0.05) is 43.3 Å². The summed E-state index contributed by atoms with van der Waals surface area (Å²) in [5.74, 6) is -0.866. The minimum Gasteiger partial charge on any atom is -0.303 e. The second-order valence-electron chi connectivity index (χ2n) is 8.23. The van der Waals surface area contributed by atoms with Crippen molar-refractivity contribution in [1.29, 1.82) is 0 Å². The largest absolute Gasteiger partial charge is 0.303 e. The summed E-state index contributed by atoms with van der Waals surface area (Å²) in [6.45, 7) is 5.71. The summed E-state index contributed by atoms with van der Waals surface area (Å²) < 4.78 is 25.4. The lowest BCUT2D eigenvalue weighted by Gasteiger charge is -2.39. The molecule has 0 aliphatic carbocycles. The van der Waals surface area contributed by atoms with Crippen molar-refractivity contribution >= 4 is 27.1 Å². The molecule has 2 heterocycles. The Hall–Kier alpha value is -2.59. The Kier molecular flexibility index (Phi) is 6.67. The van der Waals surface area contributed by atoms with Crippen LogP contribution in [0, 0.1) is 6.92 Å². The van der Waals surface area contributed by atoms with Gasteiger partial charge in [0.2, 0.25) is 0 Å². The molecule has 1 aliphatic rings. The maximum Gasteiger partial charge on any atom is 0.265 e. The van der Waals surface area contributed by atoms with Crippen molar-refractivity contribution in [1.82, 2.24) is 15.4 Å². The van der Waals surface area contributed by atoms with E-state index in [1.165, 1.54) is 0 Å². The zero-order chi connectivity index (χ0) is 23.6. The van der Waals surface area contributed by atoms with E-state index < -0.39 is 20.5 Å². The molecule has 3 aromatic rings. The molecular formula is C24H27N3O4S2. The van der Waals surface area contributed by atoms with Gasteiger partial charge in [-0.15, -0.1) is 11.3 Å². The number of likely N-dealkylation sites (tertiary alicyclic amines) is 1. The van der Waals surface area contributed by atoms with E-state index in [9.17, 15) is 18.4 Å². The van der Waals surface area contributed by atoms with Crippen LogP contribution in [-0.2, 0) is 14.6 Å². The SMILES string of the molecule is CCN1CCC(C(=O)NO)(S(=O)(=O)c2ccc(-c3ccc(-c4csc(C)n4)cc3)cc2)CC1. The summed E-state index contributed by atoms with van der Waals surface area (Å²) in [6, 6.07) is 14.5. The molecule has 9 heteroatoms. The molecule has 1 aromatic heterocycles. The maximum atomic E-state index is 13.6. The van der Waals surface area contributed by atoms with Crippen molar-refractivity contribution in [2.24, 2.45) is 0 Å². The van der Waals surface area contributed by atoms with Crippen LogP contribution < -0.4 is 5.48 Å². The first kappa shape index (κ1) is 23.6. The van der Waals surface area contributed by atoms with Crippen molar-refractivity contribution in [2.45, 2.75) is 36.3 Å². The molecular weight excluding hydrogens is 458 g/mol. The first-order valence-electron chi connectivity index (χ1n) is 10.9. The number of nitrogens with zero attached hydrogens (tertiary/aromatic N) is 2. The molecule has 0 bridgehead atoms. The van der Waals surface area contributed by atoms with E-state index in [0.29, 0.717) is 13.1 Å². The molecule has 0 atom stereocenters. The smallest absolute Gasteiger partial charge is 0.265 e. The van der Waals surface area contributed by atoms with E-state index >= 15 is 0 Å². The van der Waals surface area contributed by atoms with Crippen molar-refractivity contribution in [2.75, 3.05) is 19.6 Å². The average molecular weight is 486 g/mol. The van der Waals surface area contributed by atoms with Gasteiger partial charge in [0, 0.05) is 24.0 Å². The fraction of sp³-hybridized carbons (Fsp3) is 0.333. The Labute approximate surface area is 198 Å². The molecule has 7 nitrogen and oxygen atoms in total. The third-order valence-electron chi connectivity index (χ3n) is 6.44. The van der Waals surface area contributed by atoms with Crippen LogP contribution in [0.1, 0.15) is 24.8 Å². The van der Waals surface area contributed by atoms with Crippen LogP contribution in [0.2, 0.25) is 0 Å². The highest BCUT2D eigenvalue weighted by Gasteiger charge is 2.52. The Balaban J connectivity index is 1.60. The van der Waals surface area contributed by atoms with Crippen LogP contribution in [0.15, 0.2) is 58.8 Å². The number of benzene rings is 2. The number of amides is 1. The molecule has 1 aliphatic heterocycles. The van der Waals surface area contributed by atoms with E-state index in [4.69, 9.17) is 0 Å². The predicted octanol–water partition coefficient (Wildman–Crippen LogP) is 3.92. The summed E-state index contributed by atoms with van der Waals surface area (Å²) in [5, 5.41) is 12.3. The lowest BCUT2D eigenvalue weighted by Crippen LogP contribution is -2.57. The molecule has 174 valence electrons. The van der Waals surface area contributed by atoms with Gasteiger partial charge in [0.05, 0.1) is 15.6 Å². The van der Waals surface area contributed by atoms with E-state index in [2.05, 4.69) is 9.88 Å². The number of piperidine rings is 1. The maximum absolute atomic E-state index is 13.6. The molecule has 0 spiro atoms. The van der Waals surface area contributed by atoms with E-state index in [-0.39, 0.29) is 17.7 Å². The van der Waals surface area contributed by atoms with Crippen molar-refractivity contribution in [3.8, 4) is 22.4 Å². The van der Waals surface area contributed by atoms with Crippen LogP contribution >= 0.6 is 11.3 Å². The zero-order valence-corrected chi connectivity index (χ0v) is 20.2. The number of nitrogens with one attached hydrogen (secondary N) is 1. The average Bonchev–Trinajstić information content (AvgIpc) is 3.29. The van der Waals surface area contributed by atoms with Crippen molar-refractivity contribution in [3.05, 3.63) is 58.9 Å². The van der Waals surface area contributed by atoms with Gasteiger partial charge in [-0.3, -0.25) is 10.0 Å². The molecule has 1 amide bonds. The second kappa shape index (κ2) is 9.34. The Morgan fingerprint density at radius 1 is 1.06 bits per heavy atom. The number of aromatic nitrogens is 1. The molecule has 33 heavy (non-hydrogen) atoms. The number of thiazole rings is 1. The number of carbonyl (C=O) groups excluding carboxylic acids is 1. The molecule has 1 fully saturated rings. The van der Waals surface area contributed by atoms with Gasteiger partial charge < -0.3 is 4.90 Å². The first-order chi connectivity index (χ1) is 15.8. The summed E-state index contributed by atoms with van der Waals surface area (Å²) in [7, 11) is -4.01. The fourth-order valence-electron chi connectivity index (χ4n) is 4.33. The highest BCUT2D eigenvalue weighted by molar-refractivity contribution is 7.93. The molecule has 1 saturated heterocycles. The van der Waals surface area contributed by atoms with Gasteiger partial charge in [-0.25, -0.2) is 18.9 Å². The molecule has 2 N–H and O–H groups in total. The first-order valence-corrected chi connectivity index (χ1v) is 13.2. The molecule has 0 unspecified atom stereocenters. The third kappa shape index (κ3) is 4.33. The normalized spacial score (nSPS) is 16.5. The van der Waals surface area contributed by atoms with Gasteiger partial charge in [0.25, 0.3) is 5.91 Å². The molecule has 2 aromatic carbocycles. The summed E-state index contributed by atoms with van der Waals surface area (Å²) in [4.78, 5) is 19.3. The number of hydrogen-bond donors (Lipinski definition) is 2. The Morgan fingerprint density at radius 3 is 2.09 bits per heavy atom. The summed E-state index contributed by atoms with van der Waals surface area (Å²) in [6.07, 6.45) is 0.268. The van der Waals surface area contributed by atoms with E-state index in [0.717, 1.165) is 33.9 Å². The van der Waals surface area contributed by atoms with Crippen LogP contribution in [0.5, 0.6) is 0 Å². The minimum atomic E-state index is -4.01. The zero-order valence-electron chi connectivity index (χ0n) is 18.6. The highest BCUT2D eigenvalue weighted by Crippen LogP contribution is 2.36. The number of carbonyl (C=O) groups is 1. The summed E-state index contributed by atoms with van der Waals surface area (Å²) >= 11 is 1.61. The predicted molar refractivity (Wildman–Crippen MR) is 129 cm³/mol. The summed E-state index contributed by atoms with van der Waals surface area (Å²) in [5.41, 5.74) is 5.39. The topological polar surface area (TPSA) is 99.6 Å². The van der Waals surface area contributed by atoms with E-state index in [1.807, 2.05) is 43.5 Å². The standard InChI is InChI=1S/C24H27N3O4S2/c1-3-27-14-12-24(13-15-27,23(28)26-29)33(30,31)21-10-8-19(9-11-21)18-4-6-20(7-5-18)22-16-32-17(2)25-22/h4-11,16,29H,3,12-15H2,1-2H3,(H,26,28). The lowest BCUT2D eigenvalue weighted by molar-refractivity contribution is -0.133. The number of aryl methyl sites for hydroxylation is 1. The number of hydroxylamine groups is 1. The van der Waals surface area contributed by atoms with Gasteiger partial charge in [0.15, 0.2) is 14.6 Å². The van der Waals surface area contributed by atoms with Gasteiger partial charge in [-0.05, 0) is 49.6 Å². The van der Waals surface area contributed by atoms with Gasteiger partial charge in [-0.2, -0.15) is 0 Å². The fourth-order valence-corrected chi connectivity index (χ4v) is 6.91. The lowest BCUT2D eigenvalue weighted by atomic mass is 9.95. The van der Waals surface area contributed by atoms with Crippen LogP contribution in [0.25, 0.3) is 22.4 Å². The third-order valence-corrected chi connectivity index (χ3v) is 9.73. The molecule has 0 radical (unpaired) electrons. The Bertz CT molecular complexity index is 1230. The van der Waals surface area contributed by atoms with Crippen molar-refractivity contribution in [3.63, 3.8) is 0 Å². The van der Waals surface area contributed by atoms with Crippen LogP contribution in [0.3, 0.4) is 0 Å². The van der Waals surface area contributed by atoms with Crippen LogP contribution in [-0.4, -0.2) is 53.8 Å². The van der Waals surface area contributed by atoms with Gasteiger partial charge >= 0.3 is 0 Å². The van der Waals surface area contributed by atoms with Crippen molar-refractivity contribution < 1.29 is 18.4 Å². The second-order valence-corrected chi connectivity index (χ2v) is 11.5. The number of sulfone groups is 1. The van der Waals surface area contributed by atoms with E-state index in [1.54, 1.807) is 41.1 Å². The highest BCUT2D eigenvalue weighted by atomic mass is 32.2. The molecule has 0 saturated carbocycles. The molecule has 4 rings (SSSR count). The number of rotatable bonds is 6. The quantitative estimate of drug-likeness (QED) is 0.406. The monoisotopic (exact) mass is 485 g/mol. The Morgan fingerprint density at radius 2 is 1.61 bits per heavy atom. The van der Waals surface area contributed by atoms with Crippen LogP contribution in [0.4, 0.5) is 0 Å².